The summed E-state index contributed by atoms with van der Waals surface area (Å²) >= 11 is 0. The molecule has 1 aromatic heterocycles. The van der Waals surface area contributed by atoms with Crippen LogP contribution in [-0.2, 0) is 11.3 Å². The van der Waals surface area contributed by atoms with Crippen LogP contribution in [0.5, 0.6) is 0 Å². The van der Waals surface area contributed by atoms with Crippen molar-refractivity contribution in [2.45, 2.75) is 38.6 Å². The number of Topliss-reactive ketones (excluding diaryl/α,β-unsaturated/α-hetero) is 1. The number of carbonyl (C=O) groups is 1. The summed E-state index contributed by atoms with van der Waals surface area (Å²) in [5.74, 6) is 0.105. The molecular weight excluding hydrogens is 220 g/mol. The molecule has 1 fully saturated rings. The lowest BCUT2D eigenvalue weighted by Gasteiger charge is -2.20. The summed E-state index contributed by atoms with van der Waals surface area (Å²) in [5.41, 5.74) is -0.699. The Labute approximate surface area is 98.4 Å². The number of hydrogen-bond donors (Lipinski definition) is 1. The molecule has 1 aliphatic carbocycles. The highest BCUT2D eigenvalue weighted by Gasteiger charge is 2.21. The van der Waals surface area contributed by atoms with Gasteiger partial charge in [0.1, 0.15) is 6.54 Å². The molecule has 1 saturated carbocycles. The quantitative estimate of drug-likeness (QED) is 0.839. The van der Waals surface area contributed by atoms with Crippen molar-refractivity contribution in [2.24, 2.45) is 5.92 Å². The van der Waals surface area contributed by atoms with E-state index in [1.807, 2.05) is 0 Å². The van der Waals surface area contributed by atoms with E-state index < -0.39 is 0 Å². The summed E-state index contributed by atoms with van der Waals surface area (Å²) in [6.07, 6.45) is 5.16. The highest BCUT2D eigenvalue weighted by atomic mass is 16.2. The average molecular weight is 236 g/mol. The third kappa shape index (κ3) is 2.93. The zero-order valence-corrected chi connectivity index (χ0v) is 9.65. The molecule has 0 saturated heterocycles. The first-order valence-corrected chi connectivity index (χ1v) is 6.00. The zero-order chi connectivity index (χ0) is 12.3. The van der Waals surface area contributed by atoms with Crippen LogP contribution < -0.4 is 11.1 Å². The van der Waals surface area contributed by atoms with Gasteiger partial charge in [0, 0.05) is 18.1 Å². The third-order valence-corrected chi connectivity index (χ3v) is 3.26. The average Bonchev–Trinajstić information content (AvgIpc) is 2.35. The van der Waals surface area contributed by atoms with Crippen molar-refractivity contribution in [3.63, 3.8) is 0 Å². The van der Waals surface area contributed by atoms with Gasteiger partial charge < -0.3 is 0 Å². The molecule has 0 atom stereocenters. The molecule has 0 amide bonds. The van der Waals surface area contributed by atoms with Gasteiger partial charge in [-0.25, -0.2) is 4.68 Å². The Morgan fingerprint density at radius 1 is 1.24 bits per heavy atom. The van der Waals surface area contributed by atoms with Crippen molar-refractivity contribution in [3.05, 3.63) is 32.8 Å². The van der Waals surface area contributed by atoms with Crippen LogP contribution in [0.25, 0.3) is 0 Å². The Bertz CT molecular complexity index is 509. The van der Waals surface area contributed by atoms with Gasteiger partial charge in [0.05, 0.1) is 0 Å². The van der Waals surface area contributed by atoms with Gasteiger partial charge in [-0.1, -0.05) is 19.3 Å². The fourth-order valence-corrected chi connectivity index (χ4v) is 2.29. The van der Waals surface area contributed by atoms with Crippen LogP contribution in [0.3, 0.4) is 0 Å². The molecule has 0 aliphatic heterocycles. The van der Waals surface area contributed by atoms with E-state index in [1.54, 1.807) is 0 Å². The standard InChI is InChI=1S/C12H16N2O3/c15-10(9-4-2-1-3-5-9)8-14-12(17)7-6-11(16)13-14/h6-7,9H,1-5,8H2,(H,13,16). The van der Waals surface area contributed by atoms with Crippen molar-refractivity contribution in [1.82, 2.24) is 9.78 Å². The van der Waals surface area contributed by atoms with Gasteiger partial charge in [-0.3, -0.25) is 19.5 Å². The molecule has 0 spiro atoms. The Morgan fingerprint density at radius 3 is 2.65 bits per heavy atom. The molecule has 1 aromatic rings. The number of hydrogen-bond acceptors (Lipinski definition) is 3. The SMILES string of the molecule is O=C(Cn1[nH]c(=O)ccc1=O)C1CCCCC1. The highest BCUT2D eigenvalue weighted by molar-refractivity contribution is 5.80. The molecule has 0 bridgehead atoms. The van der Waals surface area contributed by atoms with Crippen LogP contribution in [0, 0.1) is 5.92 Å². The predicted octanol–water partition coefficient (Wildman–Crippen LogP) is 0.686. The number of aromatic nitrogens is 2. The van der Waals surface area contributed by atoms with Crippen molar-refractivity contribution < 1.29 is 4.79 Å². The first kappa shape index (κ1) is 11.8. The molecule has 5 nitrogen and oxygen atoms in total. The number of nitrogens with zero attached hydrogens (tertiary/aromatic N) is 1. The van der Waals surface area contributed by atoms with Gasteiger partial charge in [-0.05, 0) is 12.8 Å². The van der Waals surface area contributed by atoms with E-state index in [9.17, 15) is 14.4 Å². The highest BCUT2D eigenvalue weighted by Crippen LogP contribution is 2.24. The molecule has 1 aliphatic rings. The van der Waals surface area contributed by atoms with Crippen molar-refractivity contribution in [3.8, 4) is 0 Å². The zero-order valence-electron chi connectivity index (χ0n) is 9.65. The Hall–Kier alpha value is -1.65. The number of rotatable bonds is 3. The smallest absolute Gasteiger partial charge is 0.265 e. The monoisotopic (exact) mass is 236 g/mol. The molecule has 0 radical (unpaired) electrons. The fourth-order valence-electron chi connectivity index (χ4n) is 2.29. The largest absolute Gasteiger partial charge is 0.297 e. The summed E-state index contributed by atoms with van der Waals surface area (Å²) in [7, 11) is 0. The van der Waals surface area contributed by atoms with E-state index in [-0.39, 0.29) is 29.4 Å². The molecule has 1 N–H and O–H groups in total. The minimum atomic E-state index is -0.360. The van der Waals surface area contributed by atoms with Crippen LogP contribution in [0.15, 0.2) is 21.7 Å². The van der Waals surface area contributed by atoms with Crippen molar-refractivity contribution in [2.75, 3.05) is 0 Å². The lowest BCUT2D eigenvalue weighted by Crippen LogP contribution is -2.33. The molecule has 0 unspecified atom stereocenters. The maximum Gasteiger partial charge on any atom is 0.265 e. The van der Waals surface area contributed by atoms with Gasteiger partial charge in [-0.15, -0.1) is 0 Å². The number of ketones is 1. The first-order valence-electron chi connectivity index (χ1n) is 6.00. The Balaban J connectivity index is 2.09. The second-order valence-electron chi connectivity index (χ2n) is 4.54. The van der Waals surface area contributed by atoms with Crippen molar-refractivity contribution in [1.29, 1.82) is 0 Å². The number of H-pyrrole nitrogens is 1. The van der Waals surface area contributed by atoms with Crippen molar-refractivity contribution >= 4 is 5.78 Å². The molecule has 0 aromatic carbocycles. The minimum Gasteiger partial charge on any atom is -0.297 e. The predicted molar refractivity (Wildman–Crippen MR) is 62.9 cm³/mol. The van der Waals surface area contributed by atoms with Gasteiger partial charge in [0.15, 0.2) is 5.78 Å². The van der Waals surface area contributed by atoms with Crippen LogP contribution in [-0.4, -0.2) is 15.6 Å². The van der Waals surface area contributed by atoms with E-state index in [2.05, 4.69) is 5.10 Å². The van der Waals surface area contributed by atoms with E-state index in [1.165, 1.54) is 18.6 Å². The lowest BCUT2D eigenvalue weighted by atomic mass is 9.86. The molecule has 17 heavy (non-hydrogen) atoms. The second-order valence-corrected chi connectivity index (χ2v) is 4.54. The van der Waals surface area contributed by atoms with E-state index >= 15 is 0 Å². The van der Waals surface area contributed by atoms with Gasteiger partial charge in [-0.2, -0.15) is 0 Å². The first-order chi connectivity index (χ1) is 8.16. The topological polar surface area (TPSA) is 71.9 Å². The van der Waals surface area contributed by atoms with Gasteiger partial charge in [0.2, 0.25) is 0 Å². The number of nitrogens with one attached hydrogen (secondary N) is 1. The van der Waals surface area contributed by atoms with Crippen LogP contribution in [0.4, 0.5) is 0 Å². The van der Waals surface area contributed by atoms with E-state index in [0.717, 1.165) is 30.4 Å². The summed E-state index contributed by atoms with van der Waals surface area (Å²) in [6, 6.07) is 2.36. The Kier molecular flexibility index (Phi) is 3.56. The number of carbonyl (C=O) groups excluding carboxylic acids is 1. The second kappa shape index (κ2) is 5.12. The maximum atomic E-state index is 11.9. The van der Waals surface area contributed by atoms with Gasteiger partial charge >= 0.3 is 0 Å². The minimum absolute atomic E-state index is 0.0143. The van der Waals surface area contributed by atoms with Crippen LogP contribution >= 0.6 is 0 Å². The third-order valence-electron chi connectivity index (χ3n) is 3.26. The van der Waals surface area contributed by atoms with Crippen LogP contribution in [0.2, 0.25) is 0 Å². The summed E-state index contributed by atoms with van der Waals surface area (Å²) < 4.78 is 1.10. The summed E-state index contributed by atoms with van der Waals surface area (Å²) in [4.78, 5) is 34.5. The maximum absolute atomic E-state index is 11.9. The molecule has 5 heteroatoms. The molecule has 1 heterocycles. The molecular formula is C12H16N2O3. The molecule has 92 valence electrons. The van der Waals surface area contributed by atoms with Crippen LogP contribution in [0.1, 0.15) is 32.1 Å². The van der Waals surface area contributed by atoms with Gasteiger partial charge in [0.25, 0.3) is 11.1 Å². The fraction of sp³-hybridized carbons (Fsp3) is 0.583. The van der Waals surface area contributed by atoms with E-state index in [4.69, 9.17) is 0 Å². The summed E-state index contributed by atoms with van der Waals surface area (Å²) in [6.45, 7) is -0.0143. The normalized spacial score (nSPS) is 16.9. The molecule has 2 rings (SSSR count). The lowest BCUT2D eigenvalue weighted by molar-refractivity contribution is -0.124. The summed E-state index contributed by atoms with van der Waals surface area (Å²) in [5, 5.41) is 2.37. The Morgan fingerprint density at radius 2 is 1.94 bits per heavy atom. The van der Waals surface area contributed by atoms with E-state index in [0.29, 0.717) is 0 Å². The number of aromatic amines is 1.